The molecule has 0 aliphatic carbocycles. The van der Waals surface area contributed by atoms with Crippen LogP contribution in [0.15, 0.2) is 36.4 Å². The molecule has 6 nitrogen and oxygen atoms in total. The molecule has 1 unspecified atom stereocenters. The molecule has 0 saturated carbocycles. The van der Waals surface area contributed by atoms with Gasteiger partial charge in [-0.15, -0.1) is 0 Å². The minimum absolute atomic E-state index is 0.0747. The van der Waals surface area contributed by atoms with Gasteiger partial charge in [0.2, 0.25) is 0 Å². The Morgan fingerprint density at radius 1 is 1.00 bits per heavy atom. The van der Waals surface area contributed by atoms with E-state index in [1.807, 2.05) is 0 Å². The molecule has 8 heteroatoms. The Hall–Kier alpha value is -3.16. The summed E-state index contributed by atoms with van der Waals surface area (Å²) in [4.78, 5) is 26.8. The monoisotopic (exact) mass is 446 g/mol. The van der Waals surface area contributed by atoms with Crippen LogP contribution in [0.25, 0.3) is 0 Å². The summed E-state index contributed by atoms with van der Waals surface area (Å²) in [6.07, 6.45) is 3.14. The average molecular weight is 446 g/mol. The highest BCUT2D eigenvalue weighted by Crippen LogP contribution is 2.29. The number of benzene rings is 2. The Bertz CT molecular complexity index is 961. The first-order valence-electron chi connectivity index (χ1n) is 10.8. The number of nitrogens with zero attached hydrogens (tertiary/aromatic N) is 1. The predicted octanol–water partition coefficient (Wildman–Crippen LogP) is 4.25. The van der Waals surface area contributed by atoms with Crippen LogP contribution in [0.3, 0.4) is 0 Å². The highest BCUT2D eigenvalue weighted by Gasteiger charge is 2.19. The topological polar surface area (TPSA) is 67.9 Å². The van der Waals surface area contributed by atoms with Gasteiger partial charge in [-0.1, -0.05) is 6.07 Å². The number of ether oxygens (including phenoxy) is 2. The molecule has 1 aliphatic rings. The molecule has 0 spiro atoms. The van der Waals surface area contributed by atoms with Crippen molar-refractivity contribution in [2.24, 2.45) is 0 Å². The fourth-order valence-corrected chi connectivity index (χ4v) is 3.56. The highest BCUT2D eigenvalue weighted by atomic mass is 19.2. The number of amides is 2. The Morgan fingerprint density at radius 3 is 2.44 bits per heavy atom. The first-order chi connectivity index (χ1) is 15.4. The summed E-state index contributed by atoms with van der Waals surface area (Å²) in [5, 5.41) is 2.76. The van der Waals surface area contributed by atoms with E-state index in [1.165, 1.54) is 12.1 Å². The lowest BCUT2D eigenvalue weighted by atomic mass is 10.1. The molecule has 2 amide bonds. The van der Waals surface area contributed by atoms with Crippen molar-refractivity contribution in [2.75, 3.05) is 26.3 Å². The third-order valence-corrected chi connectivity index (χ3v) is 5.36. The lowest BCUT2D eigenvalue weighted by Gasteiger charge is -2.26. The van der Waals surface area contributed by atoms with Crippen molar-refractivity contribution >= 4 is 11.8 Å². The number of halogens is 2. The third-order valence-electron chi connectivity index (χ3n) is 5.36. The summed E-state index contributed by atoms with van der Waals surface area (Å²) < 4.78 is 37.9. The first-order valence-corrected chi connectivity index (χ1v) is 10.8. The van der Waals surface area contributed by atoms with Gasteiger partial charge < -0.3 is 19.7 Å². The maximum Gasteiger partial charge on any atom is 0.260 e. The van der Waals surface area contributed by atoms with Crippen molar-refractivity contribution in [1.29, 1.82) is 0 Å². The second-order valence-corrected chi connectivity index (χ2v) is 7.69. The van der Waals surface area contributed by atoms with E-state index < -0.39 is 23.6 Å². The molecule has 3 rings (SSSR count). The average Bonchev–Trinajstić information content (AvgIpc) is 2.80. The van der Waals surface area contributed by atoms with Crippen molar-refractivity contribution in [2.45, 2.75) is 39.2 Å². The molecule has 0 radical (unpaired) electrons. The Morgan fingerprint density at radius 2 is 1.75 bits per heavy atom. The number of piperidine rings is 1. The summed E-state index contributed by atoms with van der Waals surface area (Å²) >= 11 is 0. The molecule has 1 N–H and O–H groups in total. The molecular weight excluding hydrogens is 418 g/mol. The van der Waals surface area contributed by atoms with E-state index in [9.17, 15) is 18.4 Å². The SMILES string of the molecule is CCOc1cc(C(=O)NC(C)c2ccc(F)c(F)c2)ccc1OCC(=O)N1CCCCC1. The van der Waals surface area contributed by atoms with Gasteiger partial charge in [-0.25, -0.2) is 8.78 Å². The second kappa shape index (κ2) is 10.9. The van der Waals surface area contributed by atoms with Crippen LogP contribution < -0.4 is 14.8 Å². The fourth-order valence-electron chi connectivity index (χ4n) is 3.56. The van der Waals surface area contributed by atoms with Gasteiger partial charge in [0.1, 0.15) is 0 Å². The zero-order chi connectivity index (χ0) is 23.1. The lowest BCUT2D eigenvalue weighted by Crippen LogP contribution is -2.38. The molecule has 0 bridgehead atoms. The van der Waals surface area contributed by atoms with E-state index in [0.717, 1.165) is 44.5 Å². The van der Waals surface area contributed by atoms with Gasteiger partial charge in [-0.3, -0.25) is 9.59 Å². The molecule has 0 aromatic heterocycles. The van der Waals surface area contributed by atoms with Gasteiger partial charge in [0.05, 0.1) is 12.6 Å². The summed E-state index contributed by atoms with van der Waals surface area (Å²) in [5.41, 5.74) is 0.760. The van der Waals surface area contributed by atoms with Gasteiger partial charge in [-0.05, 0) is 69.0 Å². The zero-order valence-corrected chi connectivity index (χ0v) is 18.3. The summed E-state index contributed by atoms with van der Waals surface area (Å²) in [7, 11) is 0. The van der Waals surface area contributed by atoms with Crippen LogP contribution >= 0.6 is 0 Å². The van der Waals surface area contributed by atoms with E-state index in [-0.39, 0.29) is 12.5 Å². The van der Waals surface area contributed by atoms with Crippen LogP contribution in [0.4, 0.5) is 8.78 Å². The number of nitrogens with one attached hydrogen (secondary N) is 1. The van der Waals surface area contributed by atoms with Gasteiger partial charge >= 0.3 is 0 Å². The lowest BCUT2D eigenvalue weighted by molar-refractivity contribution is -0.134. The molecule has 1 atom stereocenters. The van der Waals surface area contributed by atoms with Gasteiger partial charge in [0, 0.05) is 18.7 Å². The quantitative estimate of drug-likeness (QED) is 0.659. The van der Waals surface area contributed by atoms with Crippen LogP contribution in [0, 0.1) is 11.6 Å². The second-order valence-electron chi connectivity index (χ2n) is 7.69. The Labute approximate surface area is 186 Å². The number of carbonyl (C=O) groups excluding carboxylic acids is 2. The highest BCUT2D eigenvalue weighted by molar-refractivity contribution is 5.95. The Kier molecular flexibility index (Phi) is 8.03. The summed E-state index contributed by atoms with van der Waals surface area (Å²) in [6, 6.07) is 7.66. The molecule has 32 heavy (non-hydrogen) atoms. The first kappa shape index (κ1) is 23.5. The van der Waals surface area contributed by atoms with E-state index in [2.05, 4.69) is 5.32 Å². The molecule has 172 valence electrons. The normalized spacial score (nSPS) is 14.6. The summed E-state index contributed by atoms with van der Waals surface area (Å²) in [6.45, 7) is 5.23. The number of rotatable bonds is 8. The van der Waals surface area contributed by atoms with Crippen LogP contribution in [0.1, 0.15) is 55.1 Å². The standard InChI is InChI=1S/C24H28F2N2O4/c1-3-31-22-14-18(24(30)27-16(2)17-7-9-19(25)20(26)13-17)8-10-21(22)32-15-23(29)28-11-5-4-6-12-28/h7-10,13-14,16H,3-6,11-12,15H2,1-2H3,(H,27,30). The third kappa shape index (κ3) is 5.96. The minimum Gasteiger partial charge on any atom is -0.490 e. The Balaban J connectivity index is 1.66. The maximum atomic E-state index is 13.5. The zero-order valence-electron chi connectivity index (χ0n) is 18.3. The smallest absolute Gasteiger partial charge is 0.260 e. The molecule has 1 fully saturated rings. The molecule has 1 saturated heterocycles. The number of hydrogen-bond acceptors (Lipinski definition) is 4. The molecule has 2 aromatic carbocycles. The molecular formula is C24H28F2N2O4. The largest absolute Gasteiger partial charge is 0.490 e. The predicted molar refractivity (Wildman–Crippen MR) is 116 cm³/mol. The number of likely N-dealkylation sites (tertiary alicyclic amines) is 1. The van der Waals surface area contributed by atoms with E-state index in [1.54, 1.807) is 30.9 Å². The fraction of sp³-hybridized carbons (Fsp3) is 0.417. The molecule has 1 heterocycles. The van der Waals surface area contributed by atoms with E-state index in [0.29, 0.717) is 29.2 Å². The molecule has 1 aliphatic heterocycles. The van der Waals surface area contributed by atoms with Crippen LogP contribution in [-0.2, 0) is 4.79 Å². The van der Waals surface area contributed by atoms with Crippen molar-refractivity contribution < 1.29 is 27.8 Å². The minimum atomic E-state index is -0.970. The van der Waals surface area contributed by atoms with E-state index in [4.69, 9.17) is 9.47 Å². The number of hydrogen-bond donors (Lipinski definition) is 1. The van der Waals surface area contributed by atoms with Gasteiger partial charge in [0.25, 0.3) is 11.8 Å². The van der Waals surface area contributed by atoms with Crippen molar-refractivity contribution in [1.82, 2.24) is 10.2 Å². The van der Waals surface area contributed by atoms with E-state index >= 15 is 0 Å². The van der Waals surface area contributed by atoms with Crippen LogP contribution in [-0.4, -0.2) is 43.0 Å². The molecule has 2 aromatic rings. The van der Waals surface area contributed by atoms with Gasteiger partial charge in [-0.2, -0.15) is 0 Å². The van der Waals surface area contributed by atoms with Gasteiger partial charge in [0.15, 0.2) is 29.7 Å². The van der Waals surface area contributed by atoms with Crippen molar-refractivity contribution in [3.8, 4) is 11.5 Å². The van der Waals surface area contributed by atoms with Crippen LogP contribution in [0.2, 0.25) is 0 Å². The van der Waals surface area contributed by atoms with Crippen molar-refractivity contribution in [3.63, 3.8) is 0 Å². The maximum absolute atomic E-state index is 13.5. The number of carbonyl (C=O) groups is 2. The summed E-state index contributed by atoms with van der Waals surface area (Å²) in [5.74, 6) is -1.66. The van der Waals surface area contributed by atoms with Crippen LogP contribution in [0.5, 0.6) is 11.5 Å². The van der Waals surface area contributed by atoms with Crippen molar-refractivity contribution in [3.05, 3.63) is 59.2 Å².